The van der Waals surface area contributed by atoms with Gasteiger partial charge in [0.15, 0.2) is 6.61 Å². The SMILES string of the molecule is CC(=O)N(c1ccccc1)C1CC(C)N(C(=O)COc2ccc(C)cc2)c2ccccc21. The van der Waals surface area contributed by atoms with E-state index < -0.39 is 0 Å². The van der Waals surface area contributed by atoms with Crippen molar-refractivity contribution in [3.63, 3.8) is 0 Å². The zero-order valence-electron chi connectivity index (χ0n) is 18.7. The number of rotatable bonds is 5. The largest absolute Gasteiger partial charge is 0.484 e. The number of fused-ring (bicyclic) bond motifs is 1. The Morgan fingerprint density at radius 2 is 1.62 bits per heavy atom. The molecule has 0 fully saturated rings. The van der Waals surface area contributed by atoms with Crippen LogP contribution in [0.3, 0.4) is 0 Å². The van der Waals surface area contributed by atoms with Gasteiger partial charge in [-0.05, 0) is 56.2 Å². The van der Waals surface area contributed by atoms with Crippen LogP contribution in [0.2, 0.25) is 0 Å². The van der Waals surface area contributed by atoms with Gasteiger partial charge in [0.05, 0.1) is 6.04 Å². The van der Waals surface area contributed by atoms with Crippen LogP contribution < -0.4 is 14.5 Å². The molecule has 0 spiro atoms. The summed E-state index contributed by atoms with van der Waals surface area (Å²) in [6, 6.07) is 25.0. The fraction of sp³-hybridized carbons (Fsp3) is 0.259. The highest BCUT2D eigenvalue weighted by molar-refractivity contribution is 5.98. The molecule has 0 saturated carbocycles. The van der Waals surface area contributed by atoms with Crippen LogP contribution >= 0.6 is 0 Å². The number of anilines is 2. The highest BCUT2D eigenvalue weighted by Gasteiger charge is 2.37. The molecule has 0 saturated heterocycles. The van der Waals surface area contributed by atoms with Gasteiger partial charge in [-0.2, -0.15) is 0 Å². The van der Waals surface area contributed by atoms with E-state index in [0.29, 0.717) is 12.2 Å². The molecule has 2 atom stereocenters. The lowest BCUT2D eigenvalue weighted by molar-refractivity contribution is -0.121. The first kappa shape index (κ1) is 21.6. The third kappa shape index (κ3) is 4.37. The number of para-hydroxylation sites is 2. The van der Waals surface area contributed by atoms with E-state index in [1.54, 1.807) is 6.92 Å². The zero-order chi connectivity index (χ0) is 22.7. The van der Waals surface area contributed by atoms with Crippen molar-refractivity contribution in [2.45, 2.75) is 39.3 Å². The fourth-order valence-corrected chi connectivity index (χ4v) is 4.43. The van der Waals surface area contributed by atoms with E-state index in [1.165, 1.54) is 0 Å². The molecular formula is C27H28N2O3. The summed E-state index contributed by atoms with van der Waals surface area (Å²) in [6.45, 7) is 5.59. The fourth-order valence-electron chi connectivity index (χ4n) is 4.43. The van der Waals surface area contributed by atoms with Crippen molar-refractivity contribution < 1.29 is 14.3 Å². The maximum absolute atomic E-state index is 13.2. The predicted molar refractivity (Wildman–Crippen MR) is 127 cm³/mol. The van der Waals surface area contributed by atoms with Crippen LogP contribution in [0.1, 0.15) is 37.4 Å². The van der Waals surface area contributed by atoms with Crippen LogP contribution in [0.25, 0.3) is 0 Å². The average Bonchev–Trinajstić information content (AvgIpc) is 2.79. The molecule has 0 N–H and O–H groups in total. The first-order chi connectivity index (χ1) is 15.5. The lowest BCUT2D eigenvalue weighted by Gasteiger charge is -2.43. The standard InChI is InChI=1S/C27H28N2O3/c1-19-13-15-23(16-14-19)32-18-27(31)28-20(2)17-26(24-11-7-8-12-25(24)28)29(21(3)30)22-9-5-4-6-10-22/h4-16,20,26H,17-18H2,1-3H3. The quantitative estimate of drug-likeness (QED) is 0.555. The van der Waals surface area contributed by atoms with Crippen LogP contribution in [0.5, 0.6) is 5.75 Å². The molecule has 0 radical (unpaired) electrons. The molecular weight excluding hydrogens is 400 g/mol. The Balaban J connectivity index is 1.62. The van der Waals surface area contributed by atoms with Crippen molar-refractivity contribution in [3.8, 4) is 5.75 Å². The maximum Gasteiger partial charge on any atom is 0.265 e. The lowest BCUT2D eigenvalue weighted by Crippen LogP contribution is -2.48. The smallest absolute Gasteiger partial charge is 0.265 e. The molecule has 0 aromatic heterocycles. The third-order valence-corrected chi connectivity index (χ3v) is 5.90. The summed E-state index contributed by atoms with van der Waals surface area (Å²) in [5, 5.41) is 0. The minimum atomic E-state index is -0.150. The summed E-state index contributed by atoms with van der Waals surface area (Å²) in [4.78, 5) is 29.5. The lowest BCUT2D eigenvalue weighted by atomic mass is 9.90. The van der Waals surface area contributed by atoms with Gasteiger partial charge in [-0.1, -0.05) is 54.1 Å². The van der Waals surface area contributed by atoms with Crippen LogP contribution in [0.4, 0.5) is 11.4 Å². The first-order valence-electron chi connectivity index (χ1n) is 10.9. The molecule has 164 valence electrons. The second-order valence-electron chi connectivity index (χ2n) is 8.25. The molecule has 0 bridgehead atoms. The summed E-state index contributed by atoms with van der Waals surface area (Å²) in [7, 11) is 0. The number of hydrogen-bond donors (Lipinski definition) is 0. The van der Waals surface area contributed by atoms with E-state index in [-0.39, 0.29) is 30.5 Å². The van der Waals surface area contributed by atoms with Gasteiger partial charge in [-0.3, -0.25) is 9.59 Å². The van der Waals surface area contributed by atoms with E-state index in [4.69, 9.17) is 4.74 Å². The molecule has 32 heavy (non-hydrogen) atoms. The number of nitrogens with zero attached hydrogens (tertiary/aromatic N) is 2. The molecule has 5 heteroatoms. The Hall–Kier alpha value is -3.60. The molecule has 1 aliphatic rings. The normalized spacial score (nSPS) is 17.4. The second kappa shape index (κ2) is 9.27. The number of ether oxygens (including phenoxy) is 1. The highest BCUT2D eigenvalue weighted by Crippen LogP contribution is 2.42. The van der Waals surface area contributed by atoms with Crippen LogP contribution in [-0.2, 0) is 9.59 Å². The van der Waals surface area contributed by atoms with Gasteiger partial charge in [-0.25, -0.2) is 0 Å². The highest BCUT2D eigenvalue weighted by atomic mass is 16.5. The van der Waals surface area contributed by atoms with Crippen molar-refractivity contribution in [3.05, 3.63) is 90.0 Å². The summed E-state index contributed by atoms with van der Waals surface area (Å²) >= 11 is 0. The van der Waals surface area contributed by atoms with Gasteiger partial charge in [-0.15, -0.1) is 0 Å². The van der Waals surface area contributed by atoms with Crippen LogP contribution in [-0.4, -0.2) is 24.5 Å². The minimum absolute atomic E-state index is 0.0225. The van der Waals surface area contributed by atoms with Crippen LogP contribution in [0, 0.1) is 6.92 Å². The second-order valence-corrected chi connectivity index (χ2v) is 8.25. The van der Waals surface area contributed by atoms with Crippen LogP contribution in [0.15, 0.2) is 78.9 Å². The molecule has 1 aliphatic heterocycles. The molecule has 2 unspecified atom stereocenters. The maximum atomic E-state index is 13.2. The minimum Gasteiger partial charge on any atom is -0.484 e. The zero-order valence-corrected chi connectivity index (χ0v) is 18.7. The van der Waals surface area contributed by atoms with E-state index in [9.17, 15) is 9.59 Å². The summed E-state index contributed by atoms with van der Waals surface area (Å²) in [5.41, 5.74) is 3.79. The van der Waals surface area contributed by atoms with Gasteiger partial charge in [0.25, 0.3) is 5.91 Å². The summed E-state index contributed by atoms with van der Waals surface area (Å²) < 4.78 is 5.77. The average molecular weight is 429 g/mol. The molecule has 3 aromatic rings. The first-order valence-corrected chi connectivity index (χ1v) is 10.9. The monoisotopic (exact) mass is 428 g/mol. The Bertz CT molecular complexity index is 1100. The molecule has 2 amide bonds. The van der Waals surface area contributed by atoms with Gasteiger partial charge in [0, 0.05) is 24.3 Å². The van der Waals surface area contributed by atoms with Crippen molar-refractivity contribution in [2.75, 3.05) is 16.4 Å². The third-order valence-electron chi connectivity index (χ3n) is 5.90. The Labute approximate surface area is 189 Å². The molecule has 1 heterocycles. The summed E-state index contributed by atoms with van der Waals surface area (Å²) in [6.07, 6.45) is 0.641. The van der Waals surface area contributed by atoms with E-state index in [2.05, 4.69) is 0 Å². The Morgan fingerprint density at radius 1 is 0.969 bits per heavy atom. The number of carbonyl (C=O) groups is 2. The number of carbonyl (C=O) groups excluding carboxylic acids is 2. The number of hydrogen-bond acceptors (Lipinski definition) is 3. The Morgan fingerprint density at radius 3 is 2.31 bits per heavy atom. The van der Waals surface area contributed by atoms with Crippen molar-refractivity contribution in [1.82, 2.24) is 0 Å². The molecule has 5 nitrogen and oxygen atoms in total. The van der Waals surface area contributed by atoms with Crippen molar-refractivity contribution in [2.24, 2.45) is 0 Å². The molecule has 0 aliphatic carbocycles. The van der Waals surface area contributed by atoms with Crippen molar-refractivity contribution >= 4 is 23.2 Å². The Kier molecular flexibility index (Phi) is 6.26. The van der Waals surface area contributed by atoms with E-state index in [1.807, 2.05) is 103 Å². The number of amides is 2. The predicted octanol–water partition coefficient (Wildman–Crippen LogP) is 5.29. The number of benzene rings is 3. The summed E-state index contributed by atoms with van der Waals surface area (Å²) in [5.74, 6) is 0.551. The van der Waals surface area contributed by atoms with Gasteiger partial charge < -0.3 is 14.5 Å². The van der Waals surface area contributed by atoms with Gasteiger partial charge in [0.2, 0.25) is 5.91 Å². The molecule has 3 aromatic carbocycles. The van der Waals surface area contributed by atoms with Crippen molar-refractivity contribution in [1.29, 1.82) is 0 Å². The number of aryl methyl sites for hydroxylation is 1. The van der Waals surface area contributed by atoms with Gasteiger partial charge in [0.1, 0.15) is 5.75 Å². The topological polar surface area (TPSA) is 49.9 Å². The van der Waals surface area contributed by atoms with E-state index >= 15 is 0 Å². The van der Waals surface area contributed by atoms with Gasteiger partial charge >= 0.3 is 0 Å². The van der Waals surface area contributed by atoms with E-state index in [0.717, 1.165) is 22.5 Å². The molecule has 4 rings (SSSR count).